The van der Waals surface area contributed by atoms with Gasteiger partial charge in [-0.25, -0.2) is 0 Å². The average molecular weight is 430 g/mol. The third kappa shape index (κ3) is 13.4. The zero-order valence-corrected chi connectivity index (χ0v) is 20.7. The Kier molecular flexibility index (Phi) is 19.9. The molecule has 5 atom stereocenters. The van der Waals surface area contributed by atoms with Gasteiger partial charge in [0.1, 0.15) is 0 Å². The van der Waals surface area contributed by atoms with Gasteiger partial charge in [-0.15, -0.1) is 0 Å². The van der Waals surface area contributed by atoms with Gasteiger partial charge in [0.25, 0.3) is 0 Å². The van der Waals surface area contributed by atoms with Gasteiger partial charge in [-0.3, -0.25) is 0 Å². The van der Waals surface area contributed by atoms with Crippen molar-refractivity contribution < 1.29 is 20.9 Å². The number of rotatable bonds is 2. The zero-order valence-electron chi connectivity index (χ0n) is 18.5. The fraction of sp³-hybridized carbons (Fsp3) is 0.870. The van der Waals surface area contributed by atoms with Crippen LogP contribution in [-0.2, 0) is 20.9 Å². The molecule has 0 amide bonds. The number of nitrogens with zero attached hydrogens (tertiary/aromatic N) is 1. The molecule has 0 aliphatic heterocycles. The van der Waals surface area contributed by atoms with E-state index in [1.165, 1.54) is 38.5 Å². The monoisotopic (exact) mass is 429 g/mol. The largest absolute Gasteiger partial charge is 0.346 e. The summed E-state index contributed by atoms with van der Waals surface area (Å²) in [7, 11) is 0. The van der Waals surface area contributed by atoms with Crippen molar-refractivity contribution in [3.63, 3.8) is 0 Å². The predicted octanol–water partition coefficient (Wildman–Crippen LogP) is 7.90. The van der Waals surface area contributed by atoms with Crippen LogP contribution in [0.2, 0.25) is 0 Å². The van der Waals surface area contributed by atoms with E-state index in [1.807, 2.05) is 0 Å². The van der Waals surface area contributed by atoms with Crippen molar-refractivity contribution >= 4 is 0 Å². The van der Waals surface area contributed by atoms with Gasteiger partial charge < -0.3 is 19.8 Å². The summed E-state index contributed by atoms with van der Waals surface area (Å²) < 4.78 is 4.06. The van der Waals surface area contributed by atoms with Crippen LogP contribution in [0, 0.1) is 49.4 Å². The van der Waals surface area contributed by atoms with E-state index in [-0.39, 0.29) is 0 Å². The molecule has 0 spiro atoms. The summed E-state index contributed by atoms with van der Waals surface area (Å²) in [5.41, 5.74) is 0. The molecule has 2 fully saturated rings. The van der Waals surface area contributed by atoms with Crippen molar-refractivity contribution in [1.82, 2.24) is 0 Å². The Labute approximate surface area is 173 Å². The first-order chi connectivity index (χ1) is 11.8. The summed E-state index contributed by atoms with van der Waals surface area (Å²) in [6.07, 6.45) is 13.2. The molecule has 2 heteroatoms. The van der Waals surface area contributed by atoms with Crippen LogP contribution in [0.3, 0.4) is 0 Å². The summed E-state index contributed by atoms with van der Waals surface area (Å²) in [4.78, 5) is 0. The van der Waals surface area contributed by atoms with E-state index in [0.29, 0.717) is 6.04 Å². The minimum atomic E-state index is 0.582. The Morgan fingerprint density at radius 3 is 1.56 bits per heavy atom. The van der Waals surface area contributed by atoms with Crippen LogP contribution in [-0.4, -0.2) is 6.04 Å². The van der Waals surface area contributed by atoms with Crippen molar-refractivity contribution in [3.8, 4) is 0 Å². The van der Waals surface area contributed by atoms with Crippen molar-refractivity contribution in [1.29, 1.82) is 0 Å². The smallest absolute Gasteiger partial charge is 0.0582 e. The van der Waals surface area contributed by atoms with Crippen molar-refractivity contribution in [2.75, 3.05) is 0 Å². The third-order valence-electron chi connectivity index (χ3n) is 6.03. The second-order valence-corrected chi connectivity index (χ2v) is 8.36. The van der Waals surface area contributed by atoms with Gasteiger partial charge in [0, 0.05) is 0 Å². The maximum atomic E-state index is 4.06. The predicted molar refractivity (Wildman–Crippen MR) is 111 cm³/mol. The first-order valence-corrected chi connectivity index (χ1v) is 11.5. The molecule has 0 bridgehead atoms. The molecule has 0 aromatic rings. The summed E-state index contributed by atoms with van der Waals surface area (Å²) in [6, 6.07) is 0.582. The van der Waals surface area contributed by atoms with E-state index >= 15 is 0 Å². The Bertz CT molecular complexity index is 262. The first-order valence-electron chi connectivity index (χ1n) is 10.6. The van der Waals surface area contributed by atoms with Crippen LogP contribution in [0.25, 0.3) is 0 Å². The number of hydrogen-bond donors (Lipinski definition) is 0. The Morgan fingerprint density at radius 2 is 1.36 bits per heavy atom. The minimum Gasteiger partial charge on any atom is -0.346 e. The normalized spacial score (nSPS) is 32.4. The fourth-order valence-corrected chi connectivity index (χ4v) is 3.65. The molecule has 0 saturated heterocycles. The second kappa shape index (κ2) is 17.9. The second-order valence-electron chi connectivity index (χ2n) is 7.79. The van der Waals surface area contributed by atoms with E-state index in [2.05, 4.69) is 71.6 Å². The topological polar surface area (TPSA) is 12.4 Å². The molecule has 25 heavy (non-hydrogen) atoms. The molecule has 5 unspecified atom stereocenters. The van der Waals surface area contributed by atoms with Gasteiger partial charge in [0.2, 0.25) is 0 Å². The van der Waals surface area contributed by atoms with Gasteiger partial charge in [0.15, 0.2) is 0 Å². The molecule has 2 saturated carbocycles. The van der Waals surface area contributed by atoms with Gasteiger partial charge in [-0.1, -0.05) is 65.7 Å². The molecule has 2 aliphatic carbocycles. The zero-order chi connectivity index (χ0) is 19.8. The first kappa shape index (κ1) is 27.8. The van der Waals surface area contributed by atoms with Gasteiger partial charge in [-0.2, -0.15) is 31.6 Å². The molecule has 2 rings (SSSR count). The molecular weight excluding hydrogens is 383 g/mol. The molecular formula is C23H46NNb-3. The molecule has 0 radical (unpaired) electrons. The van der Waals surface area contributed by atoms with Crippen LogP contribution in [0.4, 0.5) is 0 Å². The van der Waals surface area contributed by atoms with Crippen LogP contribution in [0.5, 0.6) is 0 Å². The van der Waals surface area contributed by atoms with Gasteiger partial charge in [-0.05, 0) is 5.92 Å². The average Bonchev–Trinajstić information content (AvgIpc) is 2.68. The maximum Gasteiger partial charge on any atom is -0.0582 e. The van der Waals surface area contributed by atoms with E-state index in [0.717, 1.165) is 29.6 Å². The molecule has 2 aliphatic rings. The summed E-state index contributed by atoms with van der Waals surface area (Å²) in [5.74, 6) is 4.28. The fourth-order valence-electron chi connectivity index (χ4n) is 3.25. The van der Waals surface area contributed by atoms with E-state index in [1.54, 1.807) is 27.8 Å². The van der Waals surface area contributed by atoms with Crippen molar-refractivity contribution in [3.05, 3.63) is 19.8 Å². The Balaban J connectivity index is 0. The molecule has 0 aromatic heterocycles. The van der Waals surface area contributed by atoms with E-state index in [9.17, 15) is 0 Å². The van der Waals surface area contributed by atoms with E-state index in [4.69, 9.17) is 0 Å². The van der Waals surface area contributed by atoms with Crippen molar-refractivity contribution in [2.24, 2.45) is 32.9 Å². The third-order valence-corrected chi connectivity index (χ3v) is 7.00. The van der Waals surface area contributed by atoms with Crippen LogP contribution in [0.1, 0.15) is 93.9 Å². The van der Waals surface area contributed by atoms with Crippen LogP contribution < -0.4 is 0 Å². The standard InChI is InChI=1S/C11H21.C6H11.C4H9N.C2H5.Nb/c1-7-6-8(2)10(4)11(5)9(7)3;1-2-4-6-5-3-1;1-3-4(2)5;1-2;/h6-11H,1-5H3;1H,2-6H2;4H,3H2,1-2H3;1H2,2H3;/q2*-1;;-1;. The quantitative estimate of drug-likeness (QED) is 0.312. The van der Waals surface area contributed by atoms with Crippen molar-refractivity contribution in [2.45, 2.75) is 100.0 Å². The maximum absolute atomic E-state index is 4.06. The Hall–Kier alpha value is 0.540. The molecule has 0 heterocycles. The molecule has 1 nitrogen and oxygen atoms in total. The summed E-state index contributed by atoms with van der Waals surface area (Å²) in [5, 5.41) is 0. The van der Waals surface area contributed by atoms with Gasteiger partial charge >= 0.3 is 50.5 Å². The molecule has 151 valence electrons. The minimum absolute atomic E-state index is 0.582. The van der Waals surface area contributed by atoms with Crippen LogP contribution >= 0.6 is 0 Å². The van der Waals surface area contributed by atoms with E-state index < -0.39 is 0 Å². The Morgan fingerprint density at radius 1 is 0.920 bits per heavy atom. The van der Waals surface area contributed by atoms with Gasteiger partial charge in [0.05, 0.1) is 0 Å². The molecule has 0 aromatic carbocycles. The number of hydrogen-bond acceptors (Lipinski definition) is 1. The van der Waals surface area contributed by atoms with Crippen LogP contribution in [0.15, 0.2) is 3.34 Å². The molecule has 0 N–H and O–H groups in total. The summed E-state index contributed by atoms with van der Waals surface area (Å²) in [6.45, 7) is 21.1. The summed E-state index contributed by atoms with van der Waals surface area (Å²) >= 11 is 1.55. The SMILES string of the molecule is CC1[CH-]C(C)C(C)C(C)C1C.CCC(C)[N]=[Nb].[CH-]1CCCCC1.[CH2-]C.